The molecule has 4 heteroatoms. The molecule has 0 amide bonds. The summed E-state index contributed by atoms with van der Waals surface area (Å²) < 4.78 is 23.0. The molecule has 8 heavy (non-hydrogen) atoms. The molecule has 0 saturated carbocycles. The zero-order valence-electron chi connectivity index (χ0n) is 5.26. The Morgan fingerprint density at radius 1 is 1.50 bits per heavy atom. The first kappa shape index (κ1) is 8.60. The van der Waals surface area contributed by atoms with Crippen molar-refractivity contribution in [2.75, 3.05) is 0 Å². The van der Waals surface area contributed by atoms with Gasteiger partial charge >= 0.3 is 57.8 Å². The Balaban J connectivity index is 3.55. The molecule has 0 spiro atoms. The molecule has 0 radical (unpaired) electrons. The fourth-order valence-corrected chi connectivity index (χ4v) is 1.55. The van der Waals surface area contributed by atoms with E-state index in [0.717, 1.165) is 0 Å². The van der Waals surface area contributed by atoms with Crippen molar-refractivity contribution < 1.29 is 31.4 Å². The van der Waals surface area contributed by atoms with E-state index in [1.54, 1.807) is 20.8 Å². The van der Waals surface area contributed by atoms with Crippen molar-refractivity contribution in [1.29, 1.82) is 0 Å². The van der Waals surface area contributed by atoms with Crippen LogP contribution in [0.4, 0.5) is 0 Å². The van der Waals surface area contributed by atoms with Crippen LogP contribution in [0.2, 0.25) is 0 Å². The van der Waals surface area contributed by atoms with E-state index in [1.165, 1.54) is 0 Å². The summed E-state index contributed by atoms with van der Waals surface area (Å²) in [6.45, 7) is 5.26. The van der Waals surface area contributed by atoms with Crippen LogP contribution in [-0.2, 0) is 28.3 Å². The maximum absolute atomic E-state index is 10.1. The minimum atomic E-state index is -3.52. The Kier molecular flexibility index (Phi) is 3.17. The quantitative estimate of drug-likeness (QED) is 0.669. The average Bonchev–Trinajstić information content (AvgIpc) is 1.21. The van der Waals surface area contributed by atoms with Gasteiger partial charge in [0.2, 0.25) is 0 Å². The minimum absolute atomic E-state index is 0.453. The first-order valence-corrected chi connectivity index (χ1v) is 5.44. The van der Waals surface area contributed by atoms with Gasteiger partial charge in [-0.15, -0.1) is 0 Å². The third-order valence-electron chi connectivity index (χ3n) is 0.393. The van der Waals surface area contributed by atoms with Crippen molar-refractivity contribution in [2.24, 2.45) is 0 Å². The van der Waals surface area contributed by atoms with Gasteiger partial charge in [-0.3, -0.25) is 0 Å². The van der Waals surface area contributed by atoms with Crippen molar-refractivity contribution in [3.63, 3.8) is 0 Å². The Hall–Kier alpha value is 0.603. The molecular weight excluding hydrogens is 187 g/mol. The molecule has 1 N–H and O–H groups in total. The van der Waals surface area contributed by atoms with E-state index < -0.39 is 28.2 Å². The van der Waals surface area contributed by atoms with Gasteiger partial charge in [0.25, 0.3) is 0 Å². The van der Waals surface area contributed by atoms with E-state index in [2.05, 4.69) is 2.81 Å². The van der Waals surface area contributed by atoms with Crippen molar-refractivity contribution in [2.45, 2.75) is 26.4 Å². The van der Waals surface area contributed by atoms with Gasteiger partial charge in [0.15, 0.2) is 0 Å². The summed E-state index contributed by atoms with van der Waals surface area (Å²) in [4.78, 5) is 0. The van der Waals surface area contributed by atoms with Crippen LogP contribution in [0.15, 0.2) is 0 Å². The number of hydrogen-bond acceptors (Lipinski definition) is 2. The molecule has 0 aromatic heterocycles. The molecule has 0 aliphatic carbocycles. The molecule has 0 aromatic carbocycles. The number of hydrogen-bond donors (Lipinski definition) is 1. The second-order valence-corrected chi connectivity index (χ2v) is 4.29. The summed E-state index contributed by atoms with van der Waals surface area (Å²) in [5.74, 6) is 0. The summed E-state index contributed by atoms with van der Waals surface area (Å²) in [6, 6.07) is 0. The Bertz CT molecular complexity index is 93.9. The molecule has 0 unspecified atom stereocenters. The predicted molar refractivity (Wildman–Crippen MR) is 23.7 cm³/mol. The monoisotopic (exact) mass is 196 g/mol. The zero-order valence-corrected chi connectivity index (χ0v) is 7.72. The summed E-state index contributed by atoms with van der Waals surface area (Å²) in [5.41, 5.74) is -0.453. The maximum atomic E-state index is 10.1. The van der Waals surface area contributed by atoms with Gasteiger partial charge in [0, 0.05) is 0 Å². The van der Waals surface area contributed by atoms with Crippen LogP contribution in [0, 0.1) is 0 Å². The van der Waals surface area contributed by atoms with Gasteiger partial charge in [0.05, 0.1) is 0 Å². The van der Waals surface area contributed by atoms with Crippen LogP contribution in [0.25, 0.3) is 0 Å². The number of rotatable bonds is 1. The van der Waals surface area contributed by atoms with Crippen LogP contribution in [0.3, 0.4) is 0 Å². The standard InChI is InChI=1S/C4H9O.H2O.O.Zr/c1-4(2,3)5;;;/h1-3H3;1H2;;/q-1;;;+2/p-1. The van der Waals surface area contributed by atoms with Gasteiger partial charge in [-0.1, -0.05) is 0 Å². The predicted octanol–water partition coefficient (Wildman–Crippen LogP) is 0.587. The van der Waals surface area contributed by atoms with Gasteiger partial charge in [0.1, 0.15) is 0 Å². The molecular formula is C4H10O3Zr. The second-order valence-electron chi connectivity index (χ2n) is 2.48. The summed E-state index contributed by atoms with van der Waals surface area (Å²) in [5, 5.41) is 0. The first-order chi connectivity index (χ1) is 3.42. The zero-order chi connectivity index (χ0) is 6.78. The Morgan fingerprint density at radius 2 is 1.88 bits per heavy atom. The Morgan fingerprint density at radius 3 is 1.88 bits per heavy atom. The normalized spacial score (nSPS) is 11.5. The molecule has 0 saturated heterocycles. The van der Waals surface area contributed by atoms with E-state index in [9.17, 15) is 2.81 Å². The van der Waals surface area contributed by atoms with E-state index in [-0.39, 0.29) is 0 Å². The molecule has 0 aromatic rings. The molecule has 0 aliphatic heterocycles. The van der Waals surface area contributed by atoms with Crippen molar-refractivity contribution in [3.05, 3.63) is 0 Å². The molecule has 0 heterocycles. The molecule has 0 fully saturated rings. The molecule has 3 nitrogen and oxygen atoms in total. The summed E-state index contributed by atoms with van der Waals surface area (Å²) >= 11 is -3.52. The van der Waals surface area contributed by atoms with Gasteiger partial charge in [-0.2, -0.15) is 0 Å². The van der Waals surface area contributed by atoms with Crippen LogP contribution in [0.1, 0.15) is 20.8 Å². The average molecular weight is 197 g/mol. The van der Waals surface area contributed by atoms with Crippen LogP contribution in [-0.4, -0.2) is 8.78 Å². The molecule has 0 aliphatic rings. The van der Waals surface area contributed by atoms with E-state index >= 15 is 0 Å². The molecule has 0 bridgehead atoms. The van der Waals surface area contributed by atoms with Crippen LogP contribution >= 0.6 is 0 Å². The SMILES string of the molecule is CC(C)(C)[O][Zr](=[O])[OH]. The Labute approximate surface area is 58.0 Å². The van der Waals surface area contributed by atoms with E-state index in [1.807, 2.05) is 0 Å². The van der Waals surface area contributed by atoms with Gasteiger partial charge < -0.3 is 0 Å². The van der Waals surface area contributed by atoms with Crippen molar-refractivity contribution in [1.82, 2.24) is 0 Å². The summed E-state index contributed by atoms with van der Waals surface area (Å²) in [7, 11) is 0. The third kappa shape index (κ3) is 6.60. The van der Waals surface area contributed by atoms with Crippen molar-refractivity contribution >= 4 is 0 Å². The van der Waals surface area contributed by atoms with Crippen LogP contribution < -0.4 is 0 Å². The summed E-state index contributed by atoms with van der Waals surface area (Å²) in [6.07, 6.45) is 0. The van der Waals surface area contributed by atoms with E-state index in [4.69, 9.17) is 3.18 Å². The van der Waals surface area contributed by atoms with Crippen LogP contribution in [0.5, 0.6) is 0 Å². The second kappa shape index (κ2) is 2.95. The van der Waals surface area contributed by atoms with Gasteiger partial charge in [-0.25, -0.2) is 0 Å². The third-order valence-corrected chi connectivity index (χ3v) is 2.33. The fourth-order valence-electron chi connectivity index (χ4n) is 0.262. The topological polar surface area (TPSA) is 46.5 Å². The fraction of sp³-hybridized carbons (Fsp3) is 1.00. The molecule has 0 rings (SSSR count). The molecule has 48 valence electrons. The first-order valence-electron chi connectivity index (χ1n) is 2.34. The molecule has 0 atom stereocenters. The van der Waals surface area contributed by atoms with Gasteiger partial charge in [-0.05, 0) is 0 Å². The van der Waals surface area contributed by atoms with E-state index in [0.29, 0.717) is 0 Å². The van der Waals surface area contributed by atoms with Crippen molar-refractivity contribution in [3.8, 4) is 0 Å².